The normalized spacial score (nSPS) is 15.4. The lowest BCUT2D eigenvalue weighted by molar-refractivity contribution is 0.0613. The van der Waals surface area contributed by atoms with Crippen molar-refractivity contribution >= 4 is 10.0 Å². The van der Waals surface area contributed by atoms with E-state index < -0.39 is 21.4 Å². The fraction of sp³-hybridized carbons (Fsp3) is 0.500. The Morgan fingerprint density at radius 2 is 2.06 bits per heavy atom. The zero-order valence-corrected chi connectivity index (χ0v) is 11.5. The Balaban J connectivity index is 2.90. The molecule has 0 saturated carbocycles. The largest absolute Gasteiger partial charge is 0.389 e. The van der Waals surface area contributed by atoms with Crippen molar-refractivity contribution < 1.29 is 17.9 Å². The Morgan fingerprint density at radius 3 is 2.56 bits per heavy atom. The third-order valence-electron chi connectivity index (χ3n) is 2.86. The molecule has 0 aliphatic heterocycles. The van der Waals surface area contributed by atoms with E-state index in [1.54, 1.807) is 13.8 Å². The first-order valence-corrected chi connectivity index (χ1v) is 7.14. The SMILES string of the molecule is CCC(C)(O)CNS(=O)(=O)c1ccc(C)c(F)c1. The van der Waals surface area contributed by atoms with Crippen molar-refractivity contribution in [2.24, 2.45) is 0 Å². The lowest BCUT2D eigenvalue weighted by atomic mass is 10.1. The molecule has 0 aliphatic carbocycles. The molecule has 0 heterocycles. The number of benzene rings is 1. The van der Waals surface area contributed by atoms with Crippen LogP contribution in [0.1, 0.15) is 25.8 Å². The van der Waals surface area contributed by atoms with Gasteiger partial charge in [-0.3, -0.25) is 0 Å². The molecule has 0 fully saturated rings. The summed E-state index contributed by atoms with van der Waals surface area (Å²) >= 11 is 0. The van der Waals surface area contributed by atoms with Gasteiger partial charge in [-0.1, -0.05) is 13.0 Å². The molecule has 0 aromatic heterocycles. The minimum absolute atomic E-state index is 0.110. The van der Waals surface area contributed by atoms with E-state index in [1.165, 1.54) is 19.1 Å². The second kappa shape index (κ2) is 5.34. The predicted molar refractivity (Wildman–Crippen MR) is 67.2 cm³/mol. The van der Waals surface area contributed by atoms with Gasteiger partial charge in [0.05, 0.1) is 10.5 Å². The topological polar surface area (TPSA) is 66.4 Å². The standard InChI is InChI=1S/C12H18FNO3S/c1-4-12(3,15)8-14-18(16,17)10-6-5-9(2)11(13)7-10/h5-7,14-15H,4,8H2,1-3H3. The molecule has 1 atom stereocenters. The lowest BCUT2D eigenvalue weighted by Crippen LogP contribution is -2.40. The van der Waals surface area contributed by atoms with E-state index in [0.717, 1.165) is 6.07 Å². The van der Waals surface area contributed by atoms with E-state index in [2.05, 4.69) is 4.72 Å². The molecule has 1 unspecified atom stereocenters. The second-order valence-corrected chi connectivity index (χ2v) is 6.35. The molecule has 6 heteroatoms. The summed E-state index contributed by atoms with van der Waals surface area (Å²) in [6.07, 6.45) is 0.414. The van der Waals surface area contributed by atoms with Crippen molar-refractivity contribution in [3.05, 3.63) is 29.6 Å². The van der Waals surface area contributed by atoms with Crippen molar-refractivity contribution in [1.29, 1.82) is 0 Å². The summed E-state index contributed by atoms with van der Waals surface area (Å²) in [7, 11) is -3.79. The minimum atomic E-state index is -3.79. The van der Waals surface area contributed by atoms with Gasteiger partial charge in [-0.15, -0.1) is 0 Å². The maximum Gasteiger partial charge on any atom is 0.240 e. The van der Waals surface area contributed by atoms with E-state index in [9.17, 15) is 17.9 Å². The first-order chi connectivity index (χ1) is 8.18. The maximum absolute atomic E-state index is 13.3. The van der Waals surface area contributed by atoms with Gasteiger partial charge in [0.25, 0.3) is 0 Å². The molecular weight excluding hydrogens is 257 g/mol. The Hall–Kier alpha value is -0.980. The molecule has 0 amide bonds. The number of nitrogens with one attached hydrogen (secondary N) is 1. The number of rotatable bonds is 5. The molecule has 0 radical (unpaired) electrons. The number of hydrogen-bond donors (Lipinski definition) is 2. The average molecular weight is 275 g/mol. The van der Waals surface area contributed by atoms with Crippen LogP contribution in [0.15, 0.2) is 23.1 Å². The third-order valence-corrected chi connectivity index (χ3v) is 4.26. The maximum atomic E-state index is 13.3. The first kappa shape index (κ1) is 15.1. The highest BCUT2D eigenvalue weighted by Gasteiger charge is 2.22. The summed E-state index contributed by atoms with van der Waals surface area (Å²) < 4.78 is 39.3. The van der Waals surface area contributed by atoms with Crippen molar-refractivity contribution in [2.45, 2.75) is 37.7 Å². The van der Waals surface area contributed by atoms with Crippen LogP contribution in [-0.4, -0.2) is 25.7 Å². The Kier molecular flexibility index (Phi) is 4.47. The fourth-order valence-electron chi connectivity index (χ4n) is 1.20. The van der Waals surface area contributed by atoms with Gasteiger partial charge in [-0.2, -0.15) is 0 Å². The van der Waals surface area contributed by atoms with Gasteiger partial charge in [0.15, 0.2) is 0 Å². The van der Waals surface area contributed by atoms with Crippen molar-refractivity contribution in [3.63, 3.8) is 0 Å². The summed E-state index contributed by atoms with van der Waals surface area (Å²) in [5, 5.41) is 9.73. The molecule has 102 valence electrons. The average Bonchev–Trinajstić information content (AvgIpc) is 2.30. The van der Waals surface area contributed by atoms with Crippen LogP contribution < -0.4 is 4.72 Å². The van der Waals surface area contributed by atoms with E-state index in [0.29, 0.717) is 12.0 Å². The van der Waals surface area contributed by atoms with Gasteiger partial charge < -0.3 is 5.11 Å². The van der Waals surface area contributed by atoms with Crippen LogP contribution in [0.25, 0.3) is 0 Å². The molecule has 4 nitrogen and oxygen atoms in total. The highest BCUT2D eigenvalue weighted by atomic mass is 32.2. The van der Waals surface area contributed by atoms with E-state index >= 15 is 0 Å². The van der Waals surface area contributed by atoms with Gasteiger partial charge in [-0.05, 0) is 38.0 Å². The Bertz CT molecular complexity index is 526. The summed E-state index contributed by atoms with van der Waals surface area (Å²) in [6, 6.07) is 3.71. The van der Waals surface area contributed by atoms with Crippen molar-refractivity contribution in [3.8, 4) is 0 Å². The first-order valence-electron chi connectivity index (χ1n) is 5.66. The van der Waals surface area contributed by atoms with Gasteiger partial charge in [-0.25, -0.2) is 17.5 Å². The molecule has 18 heavy (non-hydrogen) atoms. The number of halogens is 1. The summed E-state index contributed by atoms with van der Waals surface area (Å²) in [6.45, 7) is 4.73. The van der Waals surface area contributed by atoms with Crippen LogP contribution in [0.5, 0.6) is 0 Å². The number of hydrogen-bond acceptors (Lipinski definition) is 3. The molecule has 1 rings (SSSR count). The molecule has 1 aromatic rings. The minimum Gasteiger partial charge on any atom is -0.389 e. The van der Waals surface area contributed by atoms with Crippen molar-refractivity contribution in [1.82, 2.24) is 4.72 Å². The van der Waals surface area contributed by atoms with E-state index in [1.807, 2.05) is 0 Å². The molecule has 0 bridgehead atoms. The molecule has 1 aromatic carbocycles. The van der Waals surface area contributed by atoms with Gasteiger partial charge in [0, 0.05) is 6.54 Å². The van der Waals surface area contributed by atoms with Crippen LogP contribution in [0.4, 0.5) is 4.39 Å². The Morgan fingerprint density at radius 1 is 1.44 bits per heavy atom. The fourth-order valence-corrected chi connectivity index (χ4v) is 2.37. The third kappa shape index (κ3) is 3.76. The molecule has 2 N–H and O–H groups in total. The van der Waals surface area contributed by atoms with E-state index in [4.69, 9.17) is 0 Å². The molecule has 0 spiro atoms. The van der Waals surface area contributed by atoms with Gasteiger partial charge in [0.2, 0.25) is 10.0 Å². The molecule has 0 aliphatic rings. The Labute approximate surface area is 107 Å². The molecule has 0 saturated heterocycles. The smallest absolute Gasteiger partial charge is 0.240 e. The molecular formula is C12H18FNO3S. The highest BCUT2D eigenvalue weighted by Crippen LogP contribution is 2.15. The van der Waals surface area contributed by atoms with Crippen molar-refractivity contribution in [2.75, 3.05) is 6.54 Å². The van der Waals surface area contributed by atoms with Crippen LogP contribution >= 0.6 is 0 Å². The summed E-state index contributed by atoms with van der Waals surface area (Å²) in [5.74, 6) is -0.569. The zero-order valence-electron chi connectivity index (χ0n) is 10.7. The number of sulfonamides is 1. The predicted octanol–water partition coefficient (Wildman–Crippen LogP) is 1.57. The number of aryl methyl sites for hydroxylation is 1. The number of aliphatic hydroxyl groups is 1. The highest BCUT2D eigenvalue weighted by molar-refractivity contribution is 7.89. The van der Waals surface area contributed by atoms with Crippen LogP contribution in [0, 0.1) is 12.7 Å². The lowest BCUT2D eigenvalue weighted by Gasteiger charge is -2.21. The quantitative estimate of drug-likeness (QED) is 0.857. The van der Waals surface area contributed by atoms with Crippen LogP contribution in [-0.2, 0) is 10.0 Å². The van der Waals surface area contributed by atoms with E-state index in [-0.39, 0.29) is 11.4 Å². The van der Waals surface area contributed by atoms with Crippen LogP contribution in [0.3, 0.4) is 0 Å². The van der Waals surface area contributed by atoms with Gasteiger partial charge in [0.1, 0.15) is 5.82 Å². The zero-order chi connectivity index (χ0) is 14.0. The van der Waals surface area contributed by atoms with Gasteiger partial charge >= 0.3 is 0 Å². The van der Waals surface area contributed by atoms with Crippen LogP contribution in [0.2, 0.25) is 0 Å². The second-order valence-electron chi connectivity index (χ2n) is 4.59. The summed E-state index contributed by atoms with van der Waals surface area (Å²) in [4.78, 5) is -0.141. The summed E-state index contributed by atoms with van der Waals surface area (Å²) in [5.41, 5.74) is -0.731. The monoisotopic (exact) mass is 275 g/mol.